The first-order valence-electron chi connectivity index (χ1n) is 7.51. The van der Waals surface area contributed by atoms with Gasteiger partial charge in [-0.25, -0.2) is 0 Å². The first-order valence-corrected chi connectivity index (χ1v) is 9.12. The van der Waals surface area contributed by atoms with Crippen LogP contribution < -0.4 is 0 Å². The molecule has 0 radical (unpaired) electrons. The zero-order valence-electron chi connectivity index (χ0n) is 12.4. The van der Waals surface area contributed by atoms with Gasteiger partial charge in [0.25, 0.3) is 0 Å². The van der Waals surface area contributed by atoms with Crippen LogP contribution in [0.1, 0.15) is 31.1 Å². The molecule has 1 aromatic rings. The number of carbonyl (C=O) groups excluding carboxylic acids is 1. The molecule has 0 aliphatic carbocycles. The molecular formula is C15H23BrN2O2S. The highest BCUT2D eigenvalue weighted by atomic mass is 79.9. The number of carbonyl (C=O) groups is 1. The van der Waals surface area contributed by atoms with E-state index >= 15 is 0 Å². The fraction of sp³-hybridized carbons (Fsp3) is 0.667. The molecule has 118 valence electrons. The maximum Gasteiger partial charge on any atom is 0.237 e. The van der Waals surface area contributed by atoms with Gasteiger partial charge in [-0.05, 0) is 54.4 Å². The van der Waals surface area contributed by atoms with Gasteiger partial charge < -0.3 is 10.0 Å². The average molecular weight is 375 g/mol. The van der Waals surface area contributed by atoms with Crippen molar-refractivity contribution >= 4 is 33.2 Å². The van der Waals surface area contributed by atoms with Gasteiger partial charge >= 0.3 is 0 Å². The third-order valence-corrected chi connectivity index (χ3v) is 5.62. The summed E-state index contributed by atoms with van der Waals surface area (Å²) in [5.41, 5.74) is 0. The van der Waals surface area contributed by atoms with Crippen LogP contribution in [0.15, 0.2) is 15.9 Å². The van der Waals surface area contributed by atoms with Crippen LogP contribution in [0.2, 0.25) is 0 Å². The molecule has 1 aliphatic heterocycles. The van der Waals surface area contributed by atoms with Crippen LogP contribution in [0, 0.1) is 0 Å². The minimum absolute atomic E-state index is 0.150. The molecule has 1 aliphatic rings. The Kier molecular flexibility index (Phi) is 6.67. The Labute approximate surface area is 138 Å². The first-order chi connectivity index (χ1) is 10.1. The molecule has 0 saturated carbocycles. The van der Waals surface area contributed by atoms with E-state index in [1.165, 1.54) is 4.88 Å². The molecule has 6 heteroatoms. The lowest BCUT2D eigenvalue weighted by Gasteiger charge is -2.35. The molecule has 2 rings (SSSR count). The topological polar surface area (TPSA) is 43.8 Å². The number of aliphatic hydroxyl groups excluding tert-OH is 1. The van der Waals surface area contributed by atoms with E-state index in [2.05, 4.69) is 26.9 Å². The lowest BCUT2D eigenvalue weighted by molar-refractivity contribution is -0.134. The SMILES string of the molecule is CCN(Cc1ccc(Br)s1)C(=O)CN1CCCCC1CO. The summed E-state index contributed by atoms with van der Waals surface area (Å²) in [6.07, 6.45) is 3.26. The quantitative estimate of drug-likeness (QED) is 0.832. The maximum absolute atomic E-state index is 12.5. The molecule has 1 amide bonds. The Morgan fingerprint density at radius 1 is 1.52 bits per heavy atom. The second-order valence-electron chi connectivity index (χ2n) is 5.42. The highest BCUT2D eigenvalue weighted by Crippen LogP contribution is 2.23. The van der Waals surface area contributed by atoms with Gasteiger partial charge in [-0.2, -0.15) is 0 Å². The van der Waals surface area contributed by atoms with Crippen molar-refractivity contribution in [3.63, 3.8) is 0 Å². The molecule has 1 aromatic heterocycles. The molecule has 0 spiro atoms. The largest absolute Gasteiger partial charge is 0.395 e. The molecule has 1 atom stereocenters. The van der Waals surface area contributed by atoms with Crippen LogP contribution in [-0.4, -0.2) is 53.1 Å². The number of likely N-dealkylation sites (N-methyl/N-ethyl adjacent to an activating group) is 1. The number of piperidine rings is 1. The summed E-state index contributed by atoms with van der Waals surface area (Å²) in [7, 11) is 0. The Morgan fingerprint density at radius 2 is 2.33 bits per heavy atom. The van der Waals surface area contributed by atoms with Crippen molar-refractivity contribution in [2.45, 2.75) is 38.8 Å². The molecule has 0 aromatic carbocycles. The zero-order chi connectivity index (χ0) is 15.2. The minimum atomic E-state index is 0.150. The van der Waals surface area contributed by atoms with Crippen molar-refractivity contribution in [3.8, 4) is 0 Å². The van der Waals surface area contributed by atoms with Gasteiger partial charge in [0.05, 0.1) is 23.5 Å². The van der Waals surface area contributed by atoms with Crippen molar-refractivity contribution in [3.05, 3.63) is 20.8 Å². The number of aliphatic hydroxyl groups is 1. The van der Waals surface area contributed by atoms with Crippen LogP contribution in [-0.2, 0) is 11.3 Å². The van der Waals surface area contributed by atoms with Crippen LogP contribution >= 0.6 is 27.3 Å². The van der Waals surface area contributed by atoms with Gasteiger partial charge in [0.1, 0.15) is 0 Å². The van der Waals surface area contributed by atoms with Gasteiger partial charge in [0, 0.05) is 17.5 Å². The minimum Gasteiger partial charge on any atom is -0.395 e. The van der Waals surface area contributed by atoms with Gasteiger partial charge in [-0.15, -0.1) is 11.3 Å². The predicted octanol–water partition coefficient (Wildman–Crippen LogP) is 2.71. The van der Waals surface area contributed by atoms with E-state index in [0.29, 0.717) is 19.6 Å². The van der Waals surface area contributed by atoms with Gasteiger partial charge in [-0.1, -0.05) is 6.42 Å². The first kappa shape index (κ1) is 16.9. The Hall–Kier alpha value is -0.430. The second-order valence-corrected chi connectivity index (χ2v) is 7.96. The van der Waals surface area contributed by atoms with E-state index in [1.54, 1.807) is 11.3 Å². The van der Waals surface area contributed by atoms with Crippen molar-refractivity contribution in [2.24, 2.45) is 0 Å². The van der Waals surface area contributed by atoms with Gasteiger partial charge in [0.15, 0.2) is 0 Å². The summed E-state index contributed by atoms with van der Waals surface area (Å²) in [6.45, 7) is 4.89. The molecule has 1 fully saturated rings. The molecule has 2 heterocycles. The summed E-state index contributed by atoms with van der Waals surface area (Å²) >= 11 is 5.13. The van der Waals surface area contributed by atoms with E-state index in [9.17, 15) is 9.90 Å². The van der Waals surface area contributed by atoms with Crippen molar-refractivity contribution in [1.82, 2.24) is 9.80 Å². The van der Waals surface area contributed by atoms with Crippen molar-refractivity contribution in [2.75, 3.05) is 26.2 Å². The molecule has 4 nitrogen and oxygen atoms in total. The number of hydrogen-bond donors (Lipinski definition) is 1. The Morgan fingerprint density at radius 3 is 2.95 bits per heavy atom. The number of halogens is 1. The fourth-order valence-electron chi connectivity index (χ4n) is 2.75. The molecule has 0 bridgehead atoms. The summed E-state index contributed by atoms with van der Waals surface area (Å²) in [6, 6.07) is 4.23. The summed E-state index contributed by atoms with van der Waals surface area (Å²) < 4.78 is 1.09. The lowest BCUT2D eigenvalue weighted by Crippen LogP contribution is -2.47. The summed E-state index contributed by atoms with van der Waals surface area (Å²) in [5.74, 6) is 0.155. The average Bonchev–Trinajstić information content (AvgIpc) is 2.90. The Balaban J connectivity index is 1.92. The normalized spacial score (nSPS) is 19.7. The van der Waals surface area contributed by atoms with Crippen LogP contribution in [0.3, 0.4) is 0 Å². The summed E-state index contributed by atoms with van der Waals surface area (Å²) in [4.78, 5) is 17.7. The van der Waals surface area contributed by atoms with Crippen LogP contribution in [0.5, 0.6) is 0 Å². The van der Waals surface area contributed by atoms with E-state index in [0.717, 1.165) is 29.6 Å². The Bertz CT molecular complexity index is 466. The monoisotopic (exact) mass is 374 g/mol. The van der Waals surface area contributed by atoms with Crippen molar-refractivity contribution in [1.29, 1.82) is 0 Å². The zero-order valence-corrected chi connectivity index (χ0v) is 14.8. The predicted molar refractivity (Wildman–Crippen MR) is 89.4 cm³/mol. The number of thiophene rings is 1. The third kappa shape index (κ3) is 4.77. The second kappa shape index (κ2) is 8.27. The number of likely N-dealkylation sites (tertiary alicyclic amines) is 1. The van der Waals surface area contributed by atoms with Crippen LogP contribution in [0.25, 0.3) is 0 Å². The maximum atomic E-state index is 12.5. The molecule has 1 N–H and O–H groups in total. The van der Waals surface area contributed by atoms with Crippen LogP contribution in [0.4, 0.5) is 0 Å². The third-order valence-electron chi connectivity index (χ3n) is 4.01. The fourth-order valence-corrected chi connectivity index (χ4v) is 4.25. The van der Waals surface area contributed by atoms with Crippen molar-refractivity contribution < 1.29 is 9.90 Å². The number of amides is 1. The molecular weight excluding hydrogens is 352 g/mol. The standard InChI is InChI=1S/C15H23BrN2O2S/c1-2-17(9-13-6-7-14(16)21-13)15(20)10-18-8-4-3-5-12(18)11-19/h6-7,12,19H,2-5,8-11H2,1H3. The van der Waals surface area contributed by atoms with Gasteiger partial charge in [-0.3, -0.25) is 9.69 Å². The van der Waals surface area contributed by atoms with E-state index in [1.807, 2.05) is 17.9 Å². The highest BCUT2D eigenvalue weighted by molar-refractivity contribution is 9.11. The van der Waals surface area contributed by atoms with E-state index in [-0.39, 0.29) is 18.6 Å². The van der Waals surface area contributed by atoms with E-state index < -0.39 is 0 Å². The van der Waals surface area contributed by atoms with Gasteiger partial charge in [0.2, 0.25) is 5.91 Å². The number of nitrogens with zero attached hydrogens (tertiary/aromatic N) is 2. The molecule has 1 saturated heterocycles. The van der Waals surface area contributed by atoms with E-state index in [4.69, 9.17) is 0 Å². The lowest BCUT2D eigenvalue weighted by atomic mass is 10.0. The number of hydrogen-bond acceptors (Lipinski definition) is 4. The summed E-state index contributed by atoms with van der Waals surface area (Å²) in [5, 5.41) is 9.44. The molecule has 1 unspecified atom stereocenters. The molecule has 21 heavy (non-hydrogen) atoms. The highest BCUT2D eigenvalue weighted by Gasteiger charge is 2.25. The number of rotatable bonds is 6. The smallest absolute Gasteiger partial charge is 0.237 e.